The van der Waals surface area contributed by atoms with Gasteiger partial charge in [-0.3, -0.25) is 24.5 Å². The zero-order valence-corrected chi connectivity index (χ0v) is 36.3. The first-order valence-corrected chi connectivity index (χ1v) is 22.1. The summed E-state index contributed by atoms with van der Waals surface area (Å²) in [6.07, 6.45) is 0.354. The fourth-order valence-corrected chi connectivity index (χ4v) is 6.12. The van der Waals surface area contributed by atoms with Crippen LogP contribution in [-0.4, -0.2) is 70.7 Å². The molecular formula is C39H48N14O7Si. The molecule has 0 aliphatic rings. The first-order chi connectivity index (χ1) is 28.8. The summed E-state index contributed by atoms with van der Waals surface area (Å²) >= 11 is 0. The first kappa shape index (κ1) is 49.7. The van der Waals surface area contributed by atoms with Crippen molar-refractivity contribution < 1.29 is 28.8 Å². The van der Waals surface area contributed by atoms with Crippen LogP contribution in [0.5, 0.6) is 0 Å². The average molecular weight is 853 g/mol. The molecule has 1 amide bonds. The number of nitro groups is 1. The van der Waals surface area contributed by atoms with Crippen LogP contribution in [-0.2, 0) is 19.1 Å². The maximum atomic E-state index is 12.6. The Labute approximate surface area is 353 Å². The molecule has 0 fully saturated rings. The number of amides is 1. The summed E-state index contributed by atoms with van der Waals surface area (Å²) in [6.45, 7) is 14.8. The second-order valence-electron chi connectivity index (χ2n) is 15.3. The lowest BCUT2D eigenvalue weighted by Crippen LogP contribution is -2.36. The number of azo groups is 1. The lowest BCUT2D eigenvalue weighted by molar-refractivity contribution is -0.384. The van der Waals surface area contributed by atoms with Crippen molar-refractivity contribution in [3.63, 3.8) is 0 Å². The summed E-state index contributed by atoms with van der Waals surface area (Å²) in [5.41, 5.74) is 28.7. The van der Waals surface area contributed by atoms with Crippen LogP contribution >= 0.6 is 0 Å². The number of azide groups is 3. The fraction of sp³-hybridized carbons (Fsp3) is 0.410. The van der Waals surface area contributed by atoms with E-state index in [0.29, 0.717) is 36.6 Å². The number of hydrogen-bond acceptors (Lipinski definition) is 13. The van der Waals surface area contributed by atoms with Crippen molar-refractivity contribution in [3.05, 3.63) is 114 Å². The predicted molar refractivity (Wildman–Crippen MR) is 233 cm³/mol. The van der Waals surface area contributed by atoms with Crippen molar-refractivity contribution in [2.45, 2.75) is 53.8 Å². The van der Waals surface area contributed by atoms with E-state index in [0.717, 1.165) is 11.8 Å². The summed E-state index contributed by atoms with van der Waals surface area (Å²) in [7, 11) is -0.0982. The Bertz CT molecular complexity index is 2240. The summed E-state index contributed by atoms with van der Waals surface area (Å²) in [4.78, 5) is 57.5. The van der Waals surface area contributed by atoms with E-state index in [-0.39, 0.29) is 42.9 Å². The Hall–Kier alpha value is -7.42. The van der Waals surface area contributed by atoms with E-state index in [9.17, 15) is 24.5 Å². The van der Waals surface area contributed by atoms with Gasteiger partial charge in [0.25, 0.3) is 11.6 Å². The average Bonchev–Trinajstić information content (AvgIpc) is 3.21. The molecule has 3 rings (SSSR count). The highest BCUT2D eigenvalue weighted by molar-refractivity contribution is 6.83. The monoisotopic (exact) mass is 852 g/mol. The number of nitrogens with zero attached hydrogens (tertiary/aromatic N) is 13. The molecule has 22 heteroatoms. The molecule has 0 heterocycles. The zero-order valence-electron chi connectivity index (χ0n) is 35.3. The number of methoxy groups -OCH3 is 1. The third kappa shape index (κ3) is 17.5. The van der Waals surface area contributed by atoms with Gasteiger partial charge in [-0.25, -0.2) is 0 Å². The van der Waals surface area contributed by atoms with Gasteiger partial charge in [-0.15, -0.1) is 10.7 Å². The Morgan fingerprint density at radius 2 is 1.41 bits per heavy atom. The summed E-state index contributed by atoms with van der Waals surface area (Å²) in [6, 6.07) is 16.7. The molecule has 320 valence electrons. The molecule has 0 atom stereocenters. The zero-order chi connectivity index (χ0) is 45.6. The minimum atomic E-state index is -1.45. The molecule has 0 aliphatic heterocycles. The van der Waals surface area contributed by atoms with E-state index in [1.807, 2.05) is 4.90 Å². The summed E-state index contributed by atoms with van der Waals surface area (Å²) in [5, 5.41) is 32.8. The van der Waals surface area contributed by atoms with E-state index in [1.54, 1.807) is 52.0 Å². The van der Waals surface area contributed by atoms with Crippen LogP contribution in [0.25, 0.3) is 31.3 Å². The van der Waals surface area contributed by atoms with Gasteiger partial charge < -0.3 is 19.7 Å². The Morgan fingerprint density at radius 1 is 0.836 bits per heavy atom. The van der Waals surface area contributed by atoms with Gasteiger partial charge in [0.1, 0.15) is 8.07 Å². The predicted octanol–water partition coefficient (Wildman–Crippen LogP) is 10.7. The largest absolute Gasteiger partial charge is 0.469 e. The maximum absolute atomic E-state index is 12.6. The fourth-order valence-electron chi connectivity index (χ4n) is 5.52. The van der Waals surface area contributed by atoms with Gasteiger partial charge >= 0.3 is 11.9 Å². The molecule has 0 aliphatic carbocycles. The van der Waals surface area contributed by atoms with Gasteiger partial charge in [0, 0.05) is 69.6 Å². The number of esters is 2. The molecule has 0 aromatic heterocycles. The van der Waals surface area contributed by atoms with E-state index in [4.69, 9.17) is 26.1 Å². The van der Waals surface area contributed by atoms with Gasteiger partial charge in [0.05, 0.1) is 28.6 Å². The molecule has 0 saturated heterocycles. The van der Waals surface area contributed by atoms with Gasteiger partial charge in [-0.2, -0.15) is 5.11 Å². The number of rotatable bonds is 18. The minimum absolute atomic E-state index is 0.0377. The Morgan fingerprint density at radius 3 is 1.93 bits per heavy atom. The lowest BCUT2D eigenvalue weighted by atomic mass is 9.75. The quantitative estimate of drug-likeness (QED) is 0.0187. The second-order valence-corrected chi connectivity index (χ2v) is 20.1. The van der Waals surface area contributed by atoms with E-state index >= 15 is 0 Å². The van der Waals surface area contributed by atoms with Gasteiger partial charge in [-0.05, 0) is 99.2 Å². The Balaban J connectivity index is 0.000000517. The van der Waals surface area contributed by atoms with Crippen LogP contribution in [0.2, 0.25) is 19.6 Å². The van der Waals surface area contributed by atoms with Crippen LogP contribution in [0.4, 0.5) is 34.1 Å². The molecule has 3 aromatic rings. The van der Waals surface area contributed by atoms with Crippen LogP contribution in [0.3, 0.4) is 0 Å². The molecule has 3 aromatic carbocycles. The highest BCUT2D eigenvalue weighted by Crippen LogP contribution is 2.36. The van der Waals surface area contributed by atoms with E-state index in [1.165, 1.54) is 43.5 Å². The number of benzene rings is 3. The molecule has 21 nitrogen and oxygen atoms in total. The SMILES string of the molecule is COC(=O)C(C)(C)CC(C)(C)C(=O)OCC#C[Si](C)(C)C.[N-]=[N+]=NCCN(CCN=[N+]=[N-])c1ccc(N=Nc2ccc(C(=O)Nc3ccc(N=[N+]=[N-])cc3)cc2[N+](=O)[O-])cc1. The van der Waals surface area contributed by atoms with E-state index in [2.05, 4.69) is 76.7 Å². The van der Waals surface area contributed by atoms with Crippen molar-refractivity contribution in [2.75, 3.05) is 50.1 Å². The highest BCUT2D eigenvalue weighted by atomic mass is 28.3. The normalized spacial score (nSPS) is 10.8. The van der Waals surface area contributed by atoms with Gasteiger partial charge in [0.15, 0.2) is 12.3 Å². The number of carbonyl (C=O) groups is 3. The number of ether oxygens (including phenoxy) is 2. The summed E-state index contributed by atoms with van der Waals surface area (Å²) < 4.78 is 9.99. The molecule has 0 bridgehead atoms. The van der Waals surface area contributed by atoms with Crippen LogP contribution in [0.15, 0.2) is 92.3 Å². The molecular weight excluding hydrogens is 805 g/mol. The first-order valence-electron chi connectivity index (χ1n) is 18.6. The maximum Gasteiger partial charge on any atom is 0.312 e. The lowest BCUT2D eigenvalue weighted by Gasteiger charge is -2.30. The van der Waals surface area contributed by atoms with Gasteiger partial charge in [0.2, 0.25) is 0 Å². The molecule has 61 heavy (non-hydrogen) atoms. The smallest absolute Gasteiger partial charge is 0.312 e. The number of anilines is 2. The Kier molecular flexibility index (Phi) is 19.4. The van der Waals surface area contributed by atoms with Crippen LogP contribution in [0, 0.1) is 32.4 Å². The van der Waals surface area contributed by atoms with Gasteiger partial charge in [-0.1, -0.05) is 53.0 Å². The third-order valence-electron chi connectivity index (χ3n) is 8.19. The van der Waals surface area contributed by atoms with Crippen LogP contribution < -0.4 is 10.2 Å². The van der Waals surface area contributed by atoms with Crippen molar-refractivity contribution in [2.24, 2.45) is 36.4 Å². The topological polar surface area (TPSA) is 299 Å². The summed E-state index contributed by atoms with van der Waals surface area (Å²) in [5.74, 6) is 1.65. The molecule has 1 N–H and O–H groups in total. The molecule has 0 radical (unpaired) electrons. The highest BCUT2D eigenvalue weighted by Gasteiger charge is 2.40. The van der Waals surface area contributed by atoms with Crippen molar-refractivity contribution >= 4 is 60.0 Å². The minimum Gasteiger partial charge on any atom is -0.469 e. The molecule has 0 saturated carbocycles. The molecule has 0 spiro atoms. The van der Waals surface area contributed by atoms with E-state index < -0.39 is 35.4 Å². The number of nitro benzene ring substituents is 1. The molecule has 0 unspecified atom stereocenters. The van der Waals surface area contributed by atoms with Crippen molar-refractivity contribution in [1.82, 2.24) is 0 Å². The van der Waals surface area contributed by atoms with Crippen molar-refractivity contribution in [1.29, 1.82) is 0 Å². The van der Waals surface area contributed by atoms with Crippen molar-refractivity contribution in [3.8, 4) is 11.5 Å². The van der Waals surface area contributed by atoms with Crippen LogP contribution in [0.1, 0.15) is 44.5 Å². The number of carbonyl (C=O) groups excluding carboxylic acids is 3. The standard InChI is InChI=1S/C23H20N14O3.C16H28O4Si/c24-33-27-11-13-36(14-12-28-34-25)20-8-6-18(7-9-20)30-32-21-10-1-16(15-22(21)37(39)40)23(38)29-17-2-4-19(5-3-17)31-35-26;1-15(2,13(17)19-5)12-16(3,4)14(18)20-10-9-11-21(6,7)8/h1-10,15H,11-14H2,(H,29,38);10,12H2,1-8H3. The number of nitrogens with one attached hydrogen (secondary N) is 1. The second kappa shape index (κ2) is 23.9. The number of hydrogen-bond donors (Lipinski definition) is 1. The third-order valence-corrected chi connectivity index (χ3v) is 9.11.